The van der Waals surface area contributed by atoms with Crippen molar-refractivity contribution in [1.82, 2.24) is 4.98 Å². The zero-order valence-electron chi connectivity index (χ0n) is 9.27. The van der Waals surface area contributed by atoms with Gasteiger partial charge in [-0.05, 0) is 19.1 Å². The van der Waals surface area contributed by atoms with Crippen molar-refractivity contribution in [2.24, 2.45) is 0 Å². The lowest BCUT2D eigenvalue weighted by atomic mass is 10.2. The van der Waals surface area contributed by atoms with E-state index in [1.54, 1.807) is 13.0 Å². The van der Waals surface area contributed by atoms with Crippen LogP contribution in [0.15, 0.2) is 24.8 Å². The van der Waals surface area contributed by atoms with Crippen LogP contribution in [0.1, 0.15) is 16.2 Å². The summed E-state index contributed by atoms with van der Waals surface area (Å²) in [5.74, 6) is -1.22. The zero-order valence-corrected chi connectivity index (χ0v) is 9.27. The number of rotatable bonds is 4. The predicted molar refractivity (Wildman–Crippen MR) is 61.1 cm³/mol. The lowest BCUT2D eigenvalue weighted by Gasteiger charge is -2.08. The lowest BCUT2D eigenvalue weighted by molar-refractivity contribution is 0.0691. The van der Waals surface area contributed by atoms with E-state index >= 15 is 0 Å². The van der Waals surface area contributed by atoms with Crippen molar-refractivity contribution >= 4 is 17.7 Å². The van der Waals surface area contributed by atoms with Gasteiger partial charge in [-0.15, -0.1) is 0 Å². The van der Waals surface area contributed by atoms with Gasteiger partial charge >= 0.3 is 12.1 Å². The Morgan fingerprint density at radius 2 is 2.29 bits per heavy atom. The molecule has 0 atom stereocenters. The number of pyridine rings is 1. The van der Waals surface area contributed by atoms with Crippen LogP contribution >= 0.6 is 0 Å². The van der Waals surface area contributed by atoms with Crippen molar-refractivity contribution in [2.45, 2.75) is 6.92 Å². The van der Waals surface area contributed by atoms with Gasteiger partial charge in [0.05, 0.1) is 5.69 Å². The van der Waals surface area contributed by atoms with Crippen LogP contribution < -0.4 is 5.32 Å². The number of nitrogens with one attached hydrogen (secondary N) is 1. The van der Waals surface area contributed by atoms with Crippen molar-refractivity contribution in [1.29, 1.82) is 0 Å². The molecule has 17 heavy (non-hydrogen) atoms. The fraction of sp³-hybridized carbons (Fsp3) is 0.182. The lowest BCUT2D eigenvalue weighted by Crippen LogP contribution is -2.17. The van der Waals surface area contributed by atoms with Gasteiger partial charge in [0.1, 0.15) is 6.61 Å². The minimum Gasteiger partial charge on any atom is -0.476 e. The maximum atomic E-state index is 11.2. The maximum absolute atomic E-state index is 11.2. The first-order valence-corrected chi connectivity index (χ1v) is 4.80. The molecule has 0 bridgehead atoms. The summed E-state index contributed by atoms with van der Waals surface area (Å²) in [5.41, 5.74) is 0.421. The summed E-state index contributed by atoms with van der Waals surface area (Å²) in [4.78, 5) is 25.9. The maximum Gasteiger partial charge on any atom is 0.412 e. The summed E-state index contributed by atoms with van der Waals surface area (Å²) >= 11 is 0. The second kappa shape index (κ2) is 5.64. The van der Waals surface area contributed by atoms with Crippen LogP contribution in [0.5, 0.6) is 0 Å². The Hall–Kier alpha value is -2.37. The third-order valence-corrected chi connectivity index (χ3v) is 1.81. The highest BCUT2D eigenvalue weighted by atomic mass is 16.5. The molecule has 0 radical (unpaired) electrons. The van der Waals surface area contributed by atoms with Gasteiger partial charge in [-0.2, -0.15) is 0 Å². The Morgan fingerprint density at radius 3 is 2.88 bits per heavy atom. The summed E-state index contributed by atoms with van der Waals surface area (Å²) < 4.78 is 4.67. The van der Waals surface area contributed by atoms with Crippen LogP contribution in [0, 0.1) is 6.92 Å². The molecule has 1 rings (SSSR count). The molecule has 1 heterocycles. The molecule has 0 aliphatic heterocycles. The molecule has 0 fully saturated rings. The largest absolute Gasteiger partial charge is 0.476 e. The predicted octanol–water partition coefficient (Wildman–Crippen LogP) is 1.82. The molecule has 6 nitrogen and oxygen atoms in total. The molecule has 2 N–H and O–H groups in total. The first kappa shape index (κ1) is 12.7. The molecule has 0 aliphatic carbocycles. The number of carboxylic acid groups (broad SMARTS) is 1. The van der Waals surface area contributed by atoms with Crippen LogP contribution in [0.4, 0.5) is 10.5 Å². The van der Waals surface area contributed by atoms with Crippen molar-refractivity contribution < 1.29 is 19.4 Å². The quantitative estimate of drug-likeness (QED) is 0.778. The standard InChI is InChI=1S/C11H12N2O4/c1-3-6-17-11(16)13-8-5-4-7(2)12-9(8)10(14)15/h3-5H,1,6H2,2H3,(H,13,16)(H,14,15). The molecular weight excluding hydrogens is 224 g/mol. The number of aromatic nitrogens is 1. The van der Waals surface area contributed by atoms with E-state index in [-0.39, 0.29) is 18.0 Å². The zero-order chi connectivity index (χ0) is 12.8. The molecule has 6 heteroatoms. The normalized spacial score (nSPS) is 9.47. The number of hydrogen-bond donors (Lipinski definition) is 2. The molecule has 0 spiro atoms. The molecule has 0 saturated heterocycles. The number of nitrogens with zero attached hydrogens (tertiary/aromatic N) is 1. The molecular formula is C11H12N2O4. The molecule has 90 valence electrons. The van der Waals surface area contributed by atoms with Gasteiger partial charge in [0, 0.05) is 5.69 Å². The van der Waals surface area contributed by atoms with Crippen LogP contribution in [0.25, 0.3) is 0 Å². The van der Waals surface area contributed by atoms with Gasteiger partial charge in [-0.3, -0.25) is 5.32 Å². The summed E-state index contributed by atoms with van der Waals surface area (Å²) in [5, 5.41) is 11.2. The average molecular weight is 236 g/mol. The molecule has 1 aromatic heterocycles. The third kappa shape index (κ3) is 3.60. The highest BCUT2D eigenvalue weighted by molar-refractivity contribution is 5.97. The average Bonchev–Trinajstić information content (AvgIpc) is 2.28. The Morgan fingerprint density at radius 1 is 1.59 bits per heavy atom. The highest BCUT2D eigenvalue weighted by Gasteiger charge is 2.14. The number of aromatic carboxylic acids is 1. The number of carbonyl (C=O) groups excluding carboxylic acids is 1. The number of aryl methyl sites for hydroxylation is 1. The van der Waals surface area contributed by atoms with E-state index in [0.29, 0.717) is 5.69 Å². The van der Waals surface area contributed by atoms with Gasteiger partial charge in [-0.25, -0.2) is 14.6 Å². The fourth-order valence-electron chi connectivity index (χ4n) is 1.10. The Bertz CT molecular complexity index is 457. The summed E-state index contributed by atoms with van der Waals surface area (Å²) in [6, 6.07) is 3.05. The smallest absolute Gasteiger partial charge is 0.412 e. The summed E-state index contributed by atoms with van der Waals surface area (Å²) in [6.45, 7) is 5.09. The van der Waals surface area contributed by atoms with Gasteiger partial charge in [0.15, 0.2) is 5.69 Å². The van der Waals surface area contributed by atoms with E-state index in [2.05, 4.69) is 21.6 Å². The number of carboxylic acids is 1. The van der Waals surface area contributed by atoms with Gasteiger partial charge in [0.2, 0.25) is 0 Å². The van der Waals surface area contributed by atoms with Crippen molar-refractivity contribution in [2.75, 3.05) is 11.9 Å². The molecule has 0 saturated carbocycles. The topological polar surface area (TPSA) is 88.5 Å². The minimum atomic E-state index is -1.22. The van der Waals surface area contributed by atoms with E-state index in [1.807, 2.05) is 0 Å². The summed E-state index contributed by atoms with van der Waals surface area (Å²) in [7, 11) is 0. The monoisotopic (exact) mass is 236 g/mol. The SMILES string of the molecule is C=CCOC(=O)Nc1ccc(C)nc1C(=O)O. The molecule has 1 aromatic rings. The molecule has 0 aliphatic rings. The van der Waals surface area contributed by atoms with Crippen LogP contribution in [-0.4, -0.2) is 28.8 Å². The van der Waals surface area contributed by atoms with Crippen LogP contribution in [0.2, 0.25) is 0 Å². The van der Waals surface area contributed by atoms with Crippen LogP contribution in [0.3, 0.4) is 0 Å². The first-order valence-electron chi connectivity index (χ1n) is 4.80. The molecule has 0 unspecified atom stereocenters. The van der Waals surface area contributed by atoms with Gasteiger partial charge < -0.3 is 9.84 Å². The number of carbonyl (C=O) groups is 2. The molecule has 0 aromatic carbocycles. The number of amides is 1. The number of anilines is 1. The summed E-state index contributed by atoms with van der Waals surface area (Å²) in [6.07, 6.45) is 0.656. The fourth-order valence-corrected chi connectivity index (χ4v) is 1.10. The van der Waals surface area contributed by atoms with Crippen molar-refractivity contribution in [3.05, 3.63) is 36.2 Å². The van der Waals surface area contributed by atoms with Gasteiger partial charge in [-0.1, -0.05) is 12.7 Å². The van der Waals surface area contributed by atoms with E-state index in [9.17, 15) is 9.59 Å². The van der Waals surface area contributed by atoms with E-state index < -0.39 is 12.1 Å². The van der Waals surface area contributed by atoms with Gasteiger partial charge in [0.25, 0.3) is 0 Å². The highest BCUT2D eigenvalue weighted by Crippen LogP contribution is 2.14. The Labute approximate surface area is 97.9 Å². The van der Waals surface area contributed by atoms with Crippen LogP contribution in [-0.2, 0) is 4.74 Å². The number of hydrogen-bond acceptors (Lipinski definition) is 4. The van der Waals surface area contributed by atoms with Crippen molar-refractivity contribution in [3.63, 3.8) is 0 Å². The Balaban J connectivity index is 2.86. The van der Waals surface area contributed by atoms with E-state index in [0.717, 1.165) is 0 Å². The van der Waals surface area contributed by atoms with Crippen molar-refractivity contribution in [3.8, 4) is 0 Å². The second-order valence-corrected chi connectivity index (χ2v) is 3.17. The first-order chi connectivity index (χ1) is 8.04. The third-order valence-electron chi connectivity index (χ3n) is 1.81. The Kier molecular flexibility index (Phi) is 4.21. The van der Waals surface area contributed by atoms with E-state index in [4.69, 9.17) is 5.11 Å². The second-order valence-electron chi connectivity index (χ2n) is 3.17. The minimum absolute atomic E-state index is 0.0491. The number of ether oxygens (including phenoxy) is 1. The van der Waals surface area contributed by atoms with E-state index in [1.165, 1.54) is 12.1 Å². The molecule has 1 amide bonds.